The molecular weight excluding hydrogens is 396 g/mol. The minimum Gasteiger partial charge on any atom is -0.371 e. The highest BCUT2D eigenvalue weighted by Gasteiger charge is 2.38. The number of amides is 1. The molecule has 0 spiro atoms. The van der Waals surface area contributed by atoms with Gasteiger partial charge in [0.2, 0.25) is 0 Å². The number of rotatable bonds is 4. The number of hydrogen-bond acceptors (Lipinski definition) is 3. The van der Waals surface area contributed by atoms with Crippen molar-refractivity contribution in [3.63, 3.8) is 0 Å². The van der Waals surface area contributed by atoms with E-state index in [1.54, 1.807) is 0 Å². The molecule has 5 heteroatoms. The van der Waals surface area contributed by atoms with E-state index in [0.29, 0.717) is 0 Å². The highest BCUT2D eigenvalue weighted by Crippen LogP contribution is 2.47. The lowest BCUT2D eigenvalue weighted by molar-refractivity contribution is 0.0611. The van der Waals surface area contributed by atoms with Crippen LogP contribution in [0.25, 0.3) is 22.0 Å². The second-order valence-corrected chi connectivity index (χ2v) is 9.66. The van der Waals surface area contributed by atoms with Crippen LogP contribution in [-0.4, -0.2) is 51.7 Å². The van der Waals surface area contributed by atoms with Gasteiger partial charge in [-0.25, -0.2) is 0 Å². The smallest absolute Gasteiger partial charge is 0.253 e. The number of piperazine rings is 1. The first-order chi connectivity index (χ1) is 15.4. The summed E-state index contributed by atoms with van der Waals surface area (Å²) in [7, 11) is 1.97. The Morgan fingerprint density at radius 2 is 1.59 bits per heavy atom. The summed E-state index contributed by atoms with van der Waals surface area (Å²) in [6, 6.07) is 14.4. The Balaban J connectivity index is 1.26. The summed E-state index contributed by atoms with van der Waals surface area (Å²) < 4.78 is 1.91. The SMILES string of the molecule is C=C(N1CCN(C(=O)c2ccc(-c3ccc4c(c3)c(C)nn4C)cc2)CC1)C1(C)CCC1. The number of aromatic nitrogens is 2. The lowest BCUT2D eigenvalue weighted by Crippen LogP contribution is -2.50. The van der Waals surface area contributed by atoms with Crippen LogP contribution in [0.1, 0.15) is 42.2 Å². The van der Waals surface area contributed by atoms with Gasteiger partial charge in [0.15, 0.2) is 0 Å². The van der Waals surface area contributed by atoms with Gasteiger partial charge in [-0.2, -0.15) is 5.10 Å². The molecule has 0 radical (unpaired) electrons. The normalized spacial score (nSPS) is 18.0. The molecule has 1 amide bonds. The third-order valence-electron chi connectivity index (χ3n) is 7.60. The van der Waals surface area contributed by atoms with Crippen molar-refractivity contribution in [3.05, 3.63) is 66.0 Å². The predicted molar refractivity (Wildman–Crippen MR) is 129 cm³/mol. The van der Waals surface area contributed by atoms with Crippen molar-refractivity contribution < 1.29 is 4.79 Å². The molecular formula is C27H32N4O. The number of benzene rings is 2. The van der Waals surface area contributed by atoms with Gasteiger partial charge in [0.25, 0.3) is 5.91 Å². The minimum atomic E-state index is 0.121. The highest BCUT2D eigenvalue weighted by atomic mass is 16.2. The summed E-state index contributed by atoms with van der Waals surface area (Å²) in [6.07, 6.45) is 3.79. The fourth-order valence-electron chi connectivity index (χ4n) is 5.17. The van der Waals surface area contributed by atoms with Crippen LogP contribution in [0.2, 0.25) is 0 Å². The zero-order chi connectivity index (χ0) is 22.5. The standard InChI is InChI=1S/C27H32N4O/c1-19-24-18-23(10-11-25(24)29(4)28-19)21-6-8-22(9-7-21)26(32)31-16-14-30(15-17-31)20(2)27(3)12-5-13-27/h6-11,18H,2,5,12-17H2,1,3-4H3. The highest BCUT2D eigenvalue weighted by molar-refractivity contribution is 5.95. The van der Waals surface area contributed by atoms with Gasteiger partial charge in [0.05, 0.1) is 11.2 Å². The van der Waals surface area contributed by atoms with E-state index in [0.717, 1.165) is 54.1 Å². The number of carbonyl (C=O) groups excluding carboxylic acids is 1. The maximum absolute atomic E-state index is 13.1. The summed E-state index contributed by atoms with van der Waals surface area (Å²) in [6.45, 7) is 12.0. The first kappa shape index (κ1) is 20.8. The lowest BCUT2D eigenvalue weighted by Gasteiger charge is -2.47. The quantitative estimate of drug-likeness (QED) is 0.587. The second kappa shape index (κ2) is 7.80. The Bertz CT molecular complexity index is 1180. The third kappa shape index (κ3) is 3.50. The van der Waals surface area contributed by atoms with Crippen LogP contribution >= 0.6 is 0 Å². The summed E-state index contributed by atoms with van der Waals surface area (Å²) in [5, 5.41) is 5.68. The largest absolute Gasteiger partial charge is 0.371 e. The van der Waals surface area contributed by atoms with Gasteiger partial charge in [-0.1, -0.05) is 38.1 Å². The number of nitrogens with zero attached hydrogens (tertiary/aromatic N) is 4. The first-order valence-corrected chi connectivity index (χ1v) is 11.6. The molecule has 2 fully saturated rings. The van der Waals surface area contributed by atoms with E-state index in [9.17, 15) is 4.79 Å². The van der Waals surface area contributed by atoms with E-state index in [-0.39, 0.29) is 11.3 Å². The van der Waals surface area contributed by atoms with Gasteiger partial charge in [-0.05, 0) is 55.2 Å². The fourth-order valence-corrected chi connectivity index (χ4v) is 5.17. The van der Waals surface area contributed by atoms with Crippen molar-refractivity contribution in [3.8, 4) is 11.1 Å². The summed E-state index contributed by atoms with van der Waals surface area (Å²) >= 11 is 0. The average molecular weight is 429 g/mol. The zero-order valence-corrected chi connectivity index (χ0v) is 19.4. The Morgan fingerprint density at radius 1 is 0.969 bits per heavy atom. The van der Waals surface area contributed by atoms with E-state index in [1.807, 2.05) is 35.7 Å². The monoisotopic (exact) mass is 428 g/mol. The van der Waals surface area contributed by atoms with Crippen LogP contribution in [-0.2, 0) is 7.05 Å². The average Bonchev–Trinajstić information content (AvgIpc) is 3.09. The molecule has 0 bridgehead atoms. The van der Waals surface area contributed by atoms with Crippen molar-refractivity contribution in [2.45, 2.75) is 33.1 Å². The number of hydrogen-bond donors (Lipinski definition) is 0. The zero-order valence-electron chi connectivity index (χ0n) is 19.4. The predicted octanol–water partition coefficient (Wildman–Crippen LogP) is 5.01. The summed E-state index contributed by atoms with van der Waals surface area (Å²) in [4.78, 5) is 17.5. The van der Waals surface area contributed by atoms with Gasteiger partial charge >= 0.3 is 0 Å². The Hall–Kier alpha value is -3.08. The molecule has 3 aromatic rings. The van der Waals surface area contributed by atoms with Gasteiger partial charge in [-0.15, -0.1) is 0 Å². The van der Waals surface area contributed by atoms with Crippen molar-refractivity contribution in [1.29, 1.82) is 0 Å². The molecule has 2 heterocycles. The molecule has 0 N–H and O–H groups in total. The molecule has 1 aromatic heterocycles. The molecule has 1 aliphatic carbocycles. The molecule has 1 aliphatic heterocycles. The van der Waals surface area contributed by atoms with E-state index in [2.05, 4.69) is 53.8 Å². The van der Waals surface area contributed by atoms with E-state index in [1.165, 1.54) is 30.3 Å². The number of fused-ring (bicyclic) bond motifs is 1. The van der Waals surface area contributed by atoms with Crippen molar-refractivity contribution in [2.24, 2.45) is 12.5 Å². The van der Waals surface area contributed by atoms with E-state index in [4.69, 9.17) is 0 Å². The minimum absolute atomic E-state index is 0.121. The Labute approximate surface area is 190 Å². The molecule has 166 valence electrons. The van der Waals surface area contributed by atoms with E-state index < -0.39 is 0 Å². The van der Waals surface area contributed by atoms with Crippen LogP contribution in [0.3, 0.4) is 0 Å². The topological polar surface area (TPSA) is 41.4 Å². The van der Waals surface area contributed by atoms with Gasteiger partial charge in [0, 0.05) is 55.3 Å². The van der Waals surface area contributed by atoms with E-state index >= 15 is 0 Å². The van der Waals surface area contributed by atoms with Crippen molar-refractivity contribution in [1.82, 2.24) is 19.6 Å². The molecule has 32 heavy (non-hydrogen) atoms. The molecule has 1 saturated carbocycles. The Kier molecular flexibility index (Phi) is 5.07. The summed E-state index contributed by atoms with van der Waals surface area (Å²) in [5.74, 6) is 0.121. The first-order valence-electron chi connectivity index (χ1n) is 11.6. The Morgan fingerprint density at radius 3 is 2.22 bits per heavy atom. The van der Waals surface area contributed by atoms with Crippen molar-refractivity contribution >= 4 is 16.8 Å². The third-order valence-corrected chi connectivity index (χ3v) is 7.60. The number of aryl methyl sites for hydroxylation is 2. The molecule has 0 atom stereocenters. The van der Waals surface area contributed by atoms with Gasteiger partial charge in [0.1, 0.15) is 0 Å². The number of allylic oxidation sites excluding steroid dienone is 1. The van der Waals surface area contributed by atoms with Gasteiger partial charge in [-0.3, -0.25) is 9.48 Å². The molecule has 2 aliphatic rings. The van der Waals surface area contributed by atoms with Crippen LogP contribution < -0.4 is 0 Å². The molecule has 1 saturated heterocycles. The maximum atomic E-state index is 13.1. The maximum Gasteiger partial charge on any atom is 0.253 e. The fraction of sp³-hybridized carbons (Fsp3) is 0.407. The molecule has 0 unspecified atom stereocenters. The van der Waals surface area contributed by atoms with Gasteiger partial charge < -0.3 is 9.80 Å². The van der Waals surface area contributed by atoms with Crippen LogP contribution in [0, 0.1) is 12.3 Å². The van der Waals surface area contributed by atoms with Crippen LogP contribution in [0.15, 0.2) is 54.7 Å². The van der Waals surface area contributed by atoms with Crippen LogP contribution in [0.5, 0.6) is 0 Å². The number of carbonyl (C=O) groups is 1. The summed E-state index contributed by atoms with van der Waals surface area (Å²) in [5.41, 5.74) is 6.71. The van der Waals surface area contributed by atoms with Crippen molar-refractivity contribution in [2.75, 3.05) is 26.2 Å². The second-order valence-electron chi connectivity index (χ2n) is 9.66. The molecule has 5 rings (SSSR count). The van der Waals surface area contributed by atoms with Crippen LogP contribution in [0.4, 0.5) is 0 Å². The molecule has 2 aromatic carbocycles. The lowest BCUT2D eigenvalue weighted by atomic mass is 9.68. The molecule has 5 nitrogen and oxygen atoms in total.